The molecule has 1 heterocycles. The molecule has 0 amide bonds. The van der Waals surface area contributed by atoms with Crippen molar-refractivity contribution in [3.63, 3.8) is 0 Å². The molecule has 0 aliphatic rings. The summed E-state index contributed by atoms with van der Waals surface area (Å²) in [4.78, 5) is 0. The molecule has 1 N–H and O–H groups in total. The van der Waals surface area contributed by atoms with E-state index in [1.54, 1.807) is 0 Å². The maximum atomic E-state index is 5.42. The van der Waals surface area contributed by atoms with Gasteiger partial charge in [0.05, 0.1) is 0 Å². The fraction of sp³-hybridized carbons (Fsp3) is 0.818. The van der Waals surface area contributed by atoms with Crippen molar-refractivity contribution in [2.45, 2.75) is 46.3 Å². The molecule has 0 spiro atoms. The summed E-state index contributed by atoms with van der Waals surface area (Å²) in [5.41, 5.74) is 0. The summed E-state index contributed by atoms with van der Waals surface area (Å²) in [6.45, 7) is 8.28. The standard InChI is InChI=1S/C11H21N3O2/c1-4-7-15-8-11-14-13-10(16-11)5-6-12-9(2)3/h9,12H,4-8H2,1-3H3. The zero-order chi connectivity index (χ0) is 11.8. The zero-order valence-electron chi connectivity index (χ0n) is 10.3. The van der Waals surface area contributed by atoms with Gasteiger partial charge in [0.1, 0.15) is 6.61 Å². The second kappa shape index (κ2) is 7.35. The van der Waals surface area contributed by atoms with Gasteiger partial charge < -0.3 is 14.5 Å². The largest absolute Gasteiger partial charge is 0.423 e. The Balaban J connectivity index is 2.22. The third-order valence-electron chi connectivity index (χ3n) is 1.97. The van der Waals surface area contributed by atoms with Crippen molar-refractivity contribution in [3.8, 4) is 0 Å². The molecule has 0 fully saturated rings. The molecule has 0 radical (unpaired) electrons. The lowest BCUT2D eigenvalue weighted by Gasteiger charge is -2.04. The van der Waals surface area contributed by atoms with Crippen LogP contribution in [0.15, 0.2) is 4.42 Å². The molecule has 1 rings (SSSR count). The molecule has 1 aromatic rings. The molecule has 0 aliphatic carbocycles. The molecule has 5 heteroatoms. The highest BCUT2D eigenvalue weighted by atomic mass is 16.5. The van der Waals surface area contributed by atoms with Crippen LogP contribution >= 0.6 is 0 Å². The molecule has 0 bridgehead atoms. The molecule has 0 aromatic carbocycles. The van der Waals surface area contributed by atoms with Gasteiger partial charge in [-0.15, -0.1) is 10.2 Å². The van der Waals surface area contributed by atoms with Crippen LogP contribution in [0, 0.1) is 0 Å². The number of hydrogen-bond acceptors (Lipinski definition) is 5. The lowest BCUT2D eigenvalue weighted by atomic mass is 10.3. The normalized spacial score (nSPS) is 11.2. The Hall–Kier alpha value is -0.940. The van der Waals surface area contributed by atoms with Crippen LogP contribution in [0.3, 0.4) is 0 Å². The molecule has 16 heavy (non-hydrogen) atoms. The molecule has 0 saturated heterocycles. The van der Waals surface area contributed by atoms with Gasteiger partial charge >= 0.3 is 0 Å². The Morgan fingerprint density at radius 3 is 2.75 bits per heavy atom. The minimum Gasteiger partial charge on any atom is -0.423 e. The van der Waals surface area contributed by atoms with E-state index < -0.39 is 0 Å². The highest BCUT2D eigenvalue weighted by Crippen LogP contribution is 2.02. The number of hydrogen-bond donors (Lipinski definition) is 1. The van der Waals surface area contributed by atoms with Gasteiger partial charge in [-0.2, -0.15) is 0 Å². The lowest BCUT2D eigenvalue weighted by molar-refractivity contribution is 0.102. The monoisotopic (exact) mass is 227 g/mol. The number of rotatable bonds is 8. The van der Waals surface area contributed by atoms with Crippen molar-refractivity contribution < 1.29 is 9.15 Å². The van der Waals surface area contributed by atoms with E-state index >= 15 is 0 Å². The van der Waals surface area contributed by atoms with E-state index in [2.05, 4.69) is 36.3 Å². The Labute approximate surface area is 96.6 Å². The SMILES string of the molecule is CCCOCc1nnc(CCNC(C)C)o1. The van der Waals surface area contributed by atoms with Gasteiger partial charge in [0.15, 0.2) is 0 Å². The highest BCUT2D eigenvalue weighted by Gasteiger charge is 2.05. The maximum absolute atomic E-state index is 5.42. The van der Waals surface area contributed by atoms with Crippen molar-refractivity contribution in [1.82, 2.24) is 15.5 Å². The van der Waals surface area contributed by atoms with Crippen LogP contribution in [0.2, 0.25) is 0 Å². The molecule has 0 unspecified atom stereocenters. The first-order valence-electron chi connectivity index (χ1n) is 5.84. The number of aromatic nitrogens is 2. The van der Waals surface area contributed by atoms with Crippen molar-refractivity contribution in [3.05, 3.63) is 11.8 Å². The van der Waals surface area contributed by atoms with E-state index in [0.717, 1.165) is 26.0 Å². The van der Waals surface area contributed by atoms with Crippen LogP contribution in [0.25, 0.3) is 0 Å². The minimum absolute atomic E-state index is 0.415. The summed E-state index contributed by atoms with van der Waals surface area (Å²) in [7, 11) is 0. The summed E-state index contributed by atoms with van der Waals surface area (Å²) in [5, 5.41) is 11.2. The van der Waals surface area contributed by atoms with E-state index in [0.29, 0.717) is 24.4 Å². The maximum Gasteiger partial charge on any atom is 0.242 e. The van der Waals surface area contributed by atoms with E-state index in [-0.39, 0.29) is 0 Å². The van der Waals surface area contributed by atoms with Gasteiger partial charge in [0, 0.05) is 25.6 Å². The Morgan fingerprint density at radius 1 is 1.31 bits per heavy atom. The summed E-state index contributed by atoms with van der Waals surface area (Å²) >= 11 is 0. The van der Waals surface area contributed by atoms with Gasteiger partial charge in [-0.25, -0.2) is 0 Å². The van der Waals surface area contributed by atoms with Crippen LogP contribution in [0.1, 0.15) is 39.0 Å². The molecular formula is C11H21N3O2. The van der Waals surface area contributed by atoms with Gasteiger partial charge in [0.2, 0.25) is 11.8 Å². The molecule has 92 valence electrons. The third-order valence-corrected chi connectivity index (χ3v) is 1.97. The lowest BCUT2D eigenvalue weighted by Crippen LogP contribution is -2.25. The van der Waals surface area contributed by atoms with Crippen LogP contribution in [0.4, 0.5) is 0 Å². The van der Waals surface area contributed by atoms with Crippen LogP contribution in [-0.4, -0.2) is 29.4 Å². The zero-order valence-corrected chi connectivity index (χ0v) is 10.3. The smallest absolute Gasteiger partial charge is 0.242 e. The molecular weight excluding hydrogens is 206 g/mol. The predicted octanol–water partition coefficient (Wildman–Crippen LogP) is 1.54. The van der Waals surface area contributed by atoms with Gasteiger partial charge in [-0.1, -0.05) is 20.8 Å². The Morgan fingerprint density at radius 2 is 2.06 bits per heavy atom. The fourth-order valence-corrected chi connectivity index (χ4v) is 1.22. The van der Waals surface area contributed by atoms with Crippen molar-refractivity contribution in [1.29, 1.82) is 0 Å². The van der Waals surface area contributed by atoms with Crippen LogP contribution in [-0.2, 0) is 17.8 Å². The van der Waals surface area contributed by atoms with Crippen LogP contribution < -0.4 is 5.32 Å². The average Bonchev–Trinajstić information content (AvgIpc) is 2.66. The van der Waals surface area contributed by atoms with E-state index in [4.69, 9.17) is 9.15 Å². The summed E-state index contributed by atoms with van der Waals surface area (Å²) < 4.78 is 10.7. The molecule has 0 aliphatic heterocycles. The highest BCUT2D eigenvalue weighted by molar-refractivity contribution is 4.81. The molecule has 0 atom stereocenters. The number of nitrogens with one attached hydrogen (secondary N) is 1. The van der Waals surface area contributed by atoms with Gasteiger partial charge in [0.25, 0.3) is 0 Å². The second-order valence-electron chi connectivity index (χ2n) is 4.00. The Kier molecular flexibility index (Phi) is 6.03. The fourth-order valence-electron chi connectivity index (χ4n) is 1.22. The first kappa shape index (κ1) is 13.1. The summed E-state index contributed by atoms with van der Waals surface area (Å²) in [5.74, 6) is 1.23. The molecule has 1 aromatic heterocycles. The number of ether oxygens (including phenoxy) is 1. The first-order valence-corrected chi connectivity index (χ1v) is 5.84. The van der Waals surface area contributed by atoms with Gasteiger partial charge in [-0.3, -0.25) is 0 Å². The van der Waals surface area contributed by atoms with E-state index in [9.17, 15) is 0 Å². The van der Waals surface area contributed by atoms with E-state index in [1.807, 2.05) is 0 Å². The predicted molar refractivity (Wildman–Crippen MR) is 61.1 cm³/mol. The summed E-state index contributed by atoms with van der Waals surface area (Å²) in [6.07, 6.45) is 1.76. The van der Waals surface area contributed by atoms with Crippen molar-refractivity contribution in [2.24, 2.45) is 0 Å². The molecule has 0 saturated carbocycles. The third kappa shape index (κ3) is 5.23. The van der Waals surface area contributed by atoms with Crippen LogP contribution in [0.5, 0.6) is 0 Å². The van der Waals surface area contributed by atoms with Gasteiger partial charge in [-0.05, 0) is 6.42 Å². The first-order chi connectivity index (χ1) is 7.72. The number of nitrogens with zero attached hydrogens (tertiary/aromatic N) is 2. The Bertz CT molecular complexity index is 287. The van der Waals surface area contributed by atoms with E-state index in [1.165, 1.54) is 0 Å². The second-order valence-corrected chi connectivity index (χ2v) is 4.00. The quantitative estimate of drug-likeness (QED) is 0.682. The summed E-state index contributed by atoms with van der Waals surface area (Å²) in [6, 6.07) is 0.482. The molecule has 5 nitrogen and oxygen atoms in total. The topological polar surface area (TPSA) is 60.2 Å². The average molecular weight is 227 g/mol. The minimum atomic E-state index is 0.415. The van der Waals surface area contributed by atoms with Crippen molar-refractivity contribution in [2.75, 3.05) is 13.2 Å². The van der Waals surface area contributed by atoms with Crippen molar-refractivity contribution >= 4 is 0 Å².